The van der Waals surface area contributed by atoms with Crippen molar-refractivity contribution in [3.05, 3.63) is 54.6 Å². The van der Waals surface area contributed by atoms with Gasteiger partial charge in [-0.15, -0.1) is 0 Å². The number of benzene rings is 2. The first-order valence-corrected chi connectivity index (χ1v) is 8.04. The number of anilines is 2. The van der Waals surface area contributed by atoms with Gasteiger partial charge in [0.1, 0.15) is 5.75 Å². The van der Waals surface area contributed by atoms with Crippen molar-refractivity contribution in [3.8, 4) is 5.75 Å². The van der Waals surface area contributed by atoms with Crippen LogP contribution in [0.2, 0.25) is 0 Å². The number of nitrogens with zero attached hydrogens (tertiary/aromatic N) is 2. The predicted molar refractivity (Wildman–Crippen MR) is 93.2 cm³/mol. The fourth-order valence-corrected chi connectivity index (χ4v) is 3.09. The first kappa shape index (κ1) is 15.4. The van der Waals surface area contributed by atoms with E-state index in [-0.39, 0.29) is 18.6 Å². The zero-order chi connectivity index (χ0) is 16.2. The predicted octanol–water partition coefficient (Wildman–Crippen LogP) is 3.33. The number of amides is 1. The van der Waals surface area contributed by atoms with Crippen LogP contribution in [0.1, 0.15) is 13.8 Å². The van der Waals surface area contributed by atoms with Gasteiger partial charge in [0.15, 0.2) is 6.61 Å². The second-order valence-electron chi connectivity index (χ2n) is 5.73. The Hall–Kier alpha value is -2.49. The number of hydrogen-bond donors (Lipinski definition) is 0. The van der Waals surface area contributed by atoms with Crippen molar-refractivity contribution in [2.45, 2.75) is 19.9 Å². The van der Waals surface area contributed by atoms with E-state index in [1.807, 2.05) is 53.4 Å². The van der Waals surface area contributed by atoms with Gasteiger partial charge in [-0.1, -0.05) is 30.3 Å². The molecule has 3 rings (SSSR count). The molecule has 0 N–H and O–H groups in total. The molecule has 1 aliphatic heterocycles. The van der Waals surface area contributed by atoms with Gasteiger partial charge in [-0.2, -0.15) is 0 Å². The van der Waals surface area contributed by atoms with Crippen LogP contribution in [-0.2, 0) is 4.79 Å². The zero-order valence-corrected chi connectivity index (χ0v) is 13.6. The van der Waals surface area contributed by atoms with Gasteiger partial charge in [0, 0.05) is 19.1 Å². The number of para-hydroxylation sites is 3. The van der Waals surface area contributed by atoms with Gasteiger partial charge < -0.3 is 14.5 Å². The Morgan fingerprint density at radius 3 is 2.43 bits per heavy atom. The SMILES string of the molecule is CCN1c2ccccc2N(C(=O)COc2ccccc2)CC1C. The molecule has 1 amide bonds. The van der Waals surface area contributed by atoms with Crippen molar-refractivity contribution < 1.29 is 9.53 Å². The Bertz CT molecular complexity index is 672. The largest absolute Gasteiger partial charge is 0.484 e. The Labute approximate surface area is 137 Å². The summed E-state index contributed by atoms with van der Waals surface area (Å²) in [5.41, 5.74) is 2.08. The van der Waals surface area contributed by atoms with Gasteiger partial charge >= 0.3 is 0 Å². The second-order valence-corrected chi connectivity index (χ2v) is 5.73. The normalized spacial score (nSPS) is 16.9. The van der Waals surface area contributed by atoms with E-state index in [4.69, 9.17) is 4.74 Å². The number of carbonyl (C=O) groups is 1. The molecule has 0 spiro atoms. The van der Waals surface area contributed by atoms with Crippen LogP contribution >= 0.6 is 0 Å². The van der Waals surface area contributed by atoms with Crippen molar-refractivity contribution in [1.29, 1.82) is 0 Å². The van der Waals surface area contributed by atoms with E-state index in [1.165, 1.54) is 0 Å². The van der Waals surface area contributed by atoms with Crippen LogP contribution in [0.3, 0.4) is 0 Å². The van der Waals surface area contributed by atoms with Crippen molar-refractivity contribution in [3.63, 3.8) is 0 Å². The molecule has 0 aliphatic carbocycles. The van der Waals surface area contributed by atoms with Gasteiger partial charge in [-0.3, -0.25) is 4.79 Å². The standard InChI is InChI=1S/C19H22N2O2/c1-3-20-15(2)13-21(18-12-8-7-11-17(18)20)19(22)14-23-16-9-5-4-6-10-16/h4-12,15H,3,13-14H2,1-2H3. The summed E-state index contributed by atoms with van der Waals surface area (Å²) in [5, 5.41) is 0. The van der Waals surface area contributed by atoms with E-state index >= 15 is 0 Å². The summed E-state index contributed by atoms with van der Waals surface area (Å²) in [5.74, 6) is 0.707. The van der Waals surface area contributed by atoms with Gasteiger partial charge in [-0.25, -0.2) is 0 Å². The van der Waals surface area contributed by atoms with Crippen LogP contribution in [0.25, 0.3) is 0 Å². The molecule has 0 saturated carbocycles. The highest BCUT2D eigenvalue weighted by atomic mass is 16.5. The highest BCUT2D eigenvalue weighted by molar-refractivity contribution is 5.99. The Kier molecular flexibility index (Phi) is 4.51. The summed E-state index contributed by atoms with van der Waals surface area (Å²) in [6, 6.07) is 17.8. The summed E-state index contributed by atoms with van der Waals surface area (Å²) in [7, 11) is 0. The maximum Gasteiger partial charge on any atom is 0.265 e. The number of ether oxygens (including phenoxy) is 1. The van der Waals surface area contributed by atoms with E-state index < -0.39 is 0 Å². The van der Waals surface area contributed by atoms with Crippen LogP contribution in [-0.4, -0.2) is 31.6 Å². The minimum atomic E-state index is -0.0103. The first-order valence-electron chi connectivity index (χ1n) is 8.04. The van der Waals surface area contributed by atoms with Crippen LogP contribution in [0.5, 0.6) is 5.75 Å². The molecular weight excluding hydrogens is 288 g/mol. The summed E-state index contributed by atoms with van der Waals surface area (Å²) in [4.78, 5) is 16.8. The smallest absolute Gasteiger partial charge is 0.265 e. The van der Waals surface area contributed by atoms with Gasteiger partial charge in [-0.05, 0) is 38.1 Å². The molecule has 4 nitrogen and oxygen atoms in total. The average molecular weight is 310 g/mol. The molecule has 120 valence electrons. The summed E-state index contributed by atoms with van der Waals surface area (Å²) in [6.45, 7) is 5.96. The highest BCUT2D eigenvalue weighted by Crippen LogP contribution is 2.35. The third kappa shape index (κ3) is 3.16. The number of rotatable bonds is 4. The fraction of sp³-hybridized carbons (Fsp3) is 0.316. The molecule has 0 bridgehead atoms. The first-order chi connectivity index (χ1) is 11.2. The third-order valence-corrected chi connectivity index (χ3v) is 4.21. The molecule has 0 aromatic heterocycles. The monoisotopic (exact) mass is 310 g/mol. The molecule has 1 unspecified atom stereocenters. The van der Waals surface area contributed by atoms with Gasteiger partial charge in [0.2, 0.25) is 0 Å². The molecule has 0 radical (unpaired) electrons. The molecule has 0 saturated heterocycles. The maximum absolute atomic E-state index is 12.7. The molecule has 2 aromatic carbocycles. The Morgan fingerprint density at radius 2 is 1.74 bits per heavy atom. The van der Waals surface area contributed by atoms with Gasteiger partial charge in [0.05, 0.1) is 11.4 Å². The van der Waals surface area contributed by atoms with Crippen molar-refractivity contribution in [2.24, 2.45) is 0 Å². The number of fused-ring (bicyclic) bond motifs is 1. The van der Waals surface area contributed by atoms with Crippen molar-refractivity contribution in [2.75, 3.05) is 29.5 Å². The number of carbonyl (C=O) groups excluding carboxylic acids is 1. The Morgan fingerprint density at radius 1 is 1.09 bits per heavy atom. The van der Waals surface area contributed by atoms with Crippen molar-refractivity contribution >= 4 is 17.3 Å². The van der Waals surface area contributed by atoms with Gasteiger partial charge in [0.25, 0.3) is 5.91 Å². The summed E-state index contributed by atoms with van der Waals surface area (Å²) >= 11 is 0. The number of likely N-dealkylation sites (N-methyl/N-ethyl adjacent to an activating group) is 1. The second kappa shape index (κ2) is 6.73. The minimum absolute atomic E-state index is 0.0103. The molecule has 0 fully saturated rings. The molecule has 1 aliphatic rings. The van der Waals surface area contributed by atoms with E-state index in [0.717, 1.165) is 23.7 Å². The lowest BCUT2D eigenvalue weighted by molar-refractivity contribution is -0.120. The van der Waals surface area contributed by atoms with E-state index in [1.54, 1.807) is 0 Å². The average Bonchev–Trinajstić information content (AvgIpc) is 2.60. The quantitative estimate of drug-likeness (QED) is 0.868. The van der Waals surface area contributed by atoms with E-state index in [9.17, 15) is 4.79 Å². The van der Waals surface area contributed by atoms with Crippen LogP contribution < -0.4 is 14.5 Å². The minimum Gasteiger partial charge on any atom is -0.484 e. The van der Waals surface area contributed by atoms with Crippen LogP contribution in [0.4, 0.5) is 11.4 Å². The van der Waals surface area contributed by atoms with Crippen LogP contribution in [0.15, 0.2) is 54.6 Å². The molecule has 23 heavy (non-hydrogen) atoms. The van der Waals surface area contributed by atoms with Crippen molar-refractivity contribution in [1.82, 2.24) is 0 Å². The Balaban J connectivity index is 1.78. The van der Waals surface area contributed by atoms with E-state index in [0.29, 0.717) is 6.54 Å². The lowest BCUT2D eigenvalue weighted by atomic mass is 10.1. The highest BCUT2D eigenvalue weighted by Gasteiger charge is 2.30. The lowest BCUT2D eigenvalue weighted by Crippen LogP contribution is -2.50. The maximum atomic E-state index is 12.7. The number of hydrogen-bond acceptors (Lipinski definition) is 3. The molecule has 1 atom stereocenters. The molecule has 4 heteroatoms. The molecule has 1 heterocycles. The molecule has 2 aromatic rings. The molecular formula is C19H22N2O2. The lowest BCUT2D eigenvalue weighted by Gasteiger charge is -2.41. The van der Waals surface area contributed by atoms with Crippen LogP contribution in [0, 0.1) is 0 Å². The topological polar surface area (TPSA) is 32.8 Å². The zero-order valence-electron chi connectivity index (χ0n) is 13.6. The summed E-state index contributed by atoms with van der Waals surface area (Å²) in [6.07, 6.45) is 0. The van der Waals surface area contributed by atoms with E-state index in [2.05, 4.69) is 24.8 Å². The fourth-order valence-electron chi connectivity index (χ4n) is 3.09. The summed E-state index contributed by atoms with van der Waals surface area (Å²) < 4.78 is 5.62. The third-order valence-electron chi connectivity index (χ3n) is 4.21.